The summed E-state index contributed by atoms with van der Waals surface area (Å²) in [4.78, 5) is 0. The summed E-state index contributed by atoms with van der Waals surface area (Å²) in [6.07, 6.45) is 0. The molecule has 0 aromatic heterocycles. The van der Waals surface area contributed by atoms with Gasteiger partial charge in [0.05, 0.1) is 0 Å². The lowest BCUT2D eigenvalue weighted by molar-refractivity contribution is 0.487. The first-order valence-electron chi connectivity index (χ1n) is 16.9. The largest absolute Gasteiger partial charge is 0.456 e. The lowest BCUT2D eigenvalue weighted by atomic mass is 9.82. The fraction of sp³-hybridized carbons (Fsp3) is 0. The molecule has 10 rings (SSSR count). The van der Waals surface area contributed by atoms with E-state index in [1.54, 1.807) is 0 Å². The van der Waals surface area contributed by atoms with Gasteiger partial charge in [0.1, 0.15) is 11.5 Å². The Kier molecular flexibility index (Phi) is 6.25. The smallest absolute Gasteiger partial charge is 0.135 e. The molecule has 49 heavy (non-hydrogen) atoms. The first-order chi connectivity index (χ1) is 24.3. The van der Waals surface area contributed by atoms with Crippen LogP contribution in [0.4, 0.5) is 0 Å². The van der Waals surface area contributed by atoms with Crippen LogP contribution < -0.4 is 4.74 Å². The monoisotopic (exact) mass is 622 g/mol. The SMILES string of the molecule is c1ccc(-c2ccc(-c3c4ccccc4c(-c4ccc5c6c(cccc46)Oc4ccccc4-5)c4ccccc34)cc2-c2ccccc2)cc1. The number of fused-ring (bicyclic) bond motifs is 4. The van der Waals surface area contributed by atoms with Crippen molar-refractivity contribution in [2.75, 3.05) is 0 Å². The van der Waals surface area contributed by atoms with Crippen molar-refractivity contribution in [3.63, 3.8) is 0 Å². The van der Waals surface area contributed by atoms with Crippen LogP contribution in [0, 0.1) is 0 Å². The maximum atomic E-state index is 6.48. The van der Waals surface area contributed by atoms with Crippen LogP contribution in [-0.4, -0.2) is 0 Å². The number of para-hydroxylation sites is 1. The molecule has 1 nitrogen and oxygen atoms in total. The molecular formula is C48H30O. The van der Waals surface area contributed by atoms with E-state index in [1.165, 1.54) is 82.4 Å². The summed E-state index contributed by atoms with van der Waals surface area (Å²) in [5.41, 5.74) is 12.2. The summed E-state index contributed by atoms with van der Waals surface area (Å²) in [6.45, 7) is 0. The summed E-state index contributed by atoms with van der Waals surface area (Å²) in [5.74, 6) is 1.81. The van der Waals surface area contributed by atoms with Crippen molar-refractivity contribution in [3.8, 4) is 67.1 Å². The van der Waals surface area contributed by atoms with Crippen LogP contribution in [0.2, 0.25) is 0 Å². The van der Waals surface area contributed by atoms with Gasteiger partial charge in [-0.25, -0.2) is 0 Å². The lowest BCUT2D eigenvalue weighted by Gasteiger charge is -2.24. The zero-order valence-corrected chi connectivity index (χ0v) is 26.7. The van der Waals surface area contributed by atoms with Crippen LogP contribution in [-0.2, 0) is 0 Å². The normalized spacial score (nSPS) is 11.8. The molecule has 9 aromatic rings. The lowest BCUT2D eigenvalue weighted by Crippen LogP contribution is -1.98. The van der Waals surface area contributed by atoms with Gasteiger partial charge in [0.2, 0.25) is 0 Å². The fourth-order valence-electron chi connectivity index (χ4n) is 7.95. The van der Waals surface area contributed by atoms with E-state index in [1.807, 2.05) is 6.07 Å². The molecule has 0 saturated carbocycles. The van der Waals surface area contributed by atoms with Crippen molar-refractivity contribution in [2.45, 2.75) is 0 Å². The summed E-state index contributed by atoms with van der Waals surface area (Å²) in [7, 11) is 0. The maximum Gasteiger partial charge on any atom is 0.135 e. The molecule has 0 atom stereocenters. The van der Waals surface area contributed by atoms with Crippen molar-refractivity contribution in [1.82, 2.24) is 0 Å². The average Bonchev–Trinajstić information content (AvgIpc) is 3.18. The van der Waals surface area contributed by atoms with E-state index in [2.05, 4.69) is 176 Å². The highest BCUT2D eigenvalue weighted by Gasteiger charge is 2.24. The van der Waals surface area contributed by atoms with Crippen molar-refractivity contribution in [2.24, 2.45) is 0 Å². The minimum atomic E-state index is 0.906. The zero-order valence-electron chi connectivity index (χ0n) is 26.7. The van der Waals surface area contributed by atoms with Gasteiger partial charge in [-0.2, -0.15) is 0 Å². The van der Waals surface area contributed by atoms with Crippen LogP contribution in [0.5, 0.6) is 11.5 Å². The van der Waals surface area contributed by atoms with Gasteiger partial charge >= 0.3 is 0 Å². The Labute approximate surface area is 285 Å². The predicted octanol–water partition coefficient (Wildman–Crippen LogP) is 13.6. The molecular weight excluding hydrogens is 593 g/mol. The topological polar surface area (TPSA) is 9.23 Å². The molecule has 9 aromatic carbocycles. The van der Waals surface area contributed by atoms with E-state index in [0.717, 1.165) is 17.1 Å². The summed E-state index contributed by atoms with van der Waals surface area (Å²) in [5, 5.41) is 7.32. The first kappa shape index (κ1) is 27.7. The standard InChI is InChI=1S/C48H30O/c1-3-14-31(15-4-1)34-27-26-33(30-43(34)32-16-5-2-6-17-32)46-36-19-7-9-21-38(36)47(39-22-10-8-20-37(39)46)42-29-28-41-35-18-11-12-24-44(35)49-45-25-13-23-40(42)48(41)45/h1-30H. The van der Waals surface area contributed by atoms with Crippen LogP contribution in [0.1, 0.15) is 0 Å². The highest BCUT2D eigenvalue weighted by molar-refractivity contribution is 6.25. The van der Waals surface area contributed by atoms with Crippen LogP contribution in [0.15, 0.2) is 182 Å². The quantitative estimate of drug-likeness (QED) is 0.177. The molecule has 1 heteroatoms. The average molecular weight is 623 g/mol. The Bertz CT molecular complexity index is 2670. The molecule has 1 heterocycles. The number of ether oxygens (including phenoxy) is 1. The van der Waals surface area contributed by atoms with E-state index >= 15 is 0 Å². The molecule has 0 radical (unpaired) electrons. The highest BCUT2D eigenvalue weighted by Crippen LogP contribution is 2.51. The molecule has 0 bridgehead atoms. The summed E-state index contributed by atoms with van der Waals surface area (Å²) < 4.78 is 6.48. The second-order valence-corrected chi connectivity index (χ2v) is 12.8. The third-order valence-electron chi connectivity index (χ3n) is 10.1. The second-order valence-electron chi connectivity index (χ2n) is 12.8. The van der Waals surface area contributed by atoms with E-state index in [0.29, 0.717) is 0 Å². The fourth-order valence-corrected chi connectivity index (χ4v) is 7.95. The number of hydrogen-bond donors (Lipinski definition) is 0. The van der Waals surface area contributed by atoms with Gasteiger partial charge in [0.25, 0.3) is 0 Å². The minimum absolute atomic E-state index is 0.906. The molecule has 0 saturated heterocycles. The van der Waals surface area contributed by atoms with Gasteiger partial charge < -0.3 is 4.74 Å². The van der Waals surface area contributed by atoms with Crippen molar-refractivity contribution in [3.05, 3.63) is 182 Å². The first-order valence-corrected chi connectivity index (χ1v) is 16.9. The van der Waals surface area contributed by atoms with Crippen LogP contribution in [0.25, 0.3) is 88.0 Å². The van der Waals surface area contributed by atoms with Crippen molar-refractivity contribution in [1.29, 1.82) is 0 Å². The van der Waals surface area contributed by atoms with Crippen molar-refractivity contribution >= 4 is 32.3 Å². The third kappa shape index (κ3) is 4.33. The molecule has 0 N–H and O–H groups in total. The number of rotatable bonds is 4. The zero-order chi connectivity index (χ0) is 32.3. The number of hydrogen-bond acceptors (Lipinski definition) is 1. The molecule has 228 valence electrons. The van der Waals surface area contributed by atoms with Gasteiger partial charge in [-0.15, -0.1) is 0 Å². The van der Waals surface area contributed by atoms with Gasteiger partial charge in [0.15, 0.2) is 0 Å². The Morgan fingerprint density at radius 1 is 0.265 bits per heavy atom. The third-order valence-corrected chi connectivity index (χ3v) is 10.1. The van der Waals surface area contributed by atoms with Gasteiger partial charge in [-0.3, -0.25) is 0 Å². The van der Waals surface area contributed by atoms with E-state index < -0.39 is 0 Å². The second kappa shape index (κ2) is 11.1. The Morgan fingerprint density at radius 3 is 1.47 bits per heavy atom. The molecule has 0 fully saturated rings. The molecule has 1 aliphatic heterocycles. The number of benzene rings is 9. The minimum Gasteiger partial charge on any atom is -0.456 e. The molecule has 0 amide bonds. The van der Waals surface area contributed by atoms with Crippen LogP contribution in [0.3, 0.4) is 0 Å². The Balaban J connectivity index is 1.27. The van der Waals surface area contributed by atoms with Gasteiger partial charge in [-0.1, -0.05) is 164 Å². The van der Waals surface area contributed by atoms with E-state index in [-0.39, 0.29) is 0 Å². The molecule has 0 spiro atoms. The maximum absolute atomic E-state index is 6.48. The Hall–Kier alpha value is -6.44. The molecule has 0 unspecified atom stereocenters. The summed E-state index contributed by atoms with van der Waals surface area (Å²) >= 11 is 0. The predicted molar refractivity (Wildman–Crippen MR) is 206 cm³/mol. The van der Waals surface area contributed by atoms with E-state index in [9.17, 15) is 0 Å². The molecule has 1 aliphatic rings. The Morgan fingerprint density at radius 2 is 0.776 bits per heavy atom. The van der Waals surface area contributed by atoms with E-state index in [4.69, 9.17) is 4.74 Å². The summed E-state index contributed by atoms with van der Waals surface area (Å²) in [6, 6.07) is 65.7. The van der Waals surface area contributed by atoms with Gasteiger partial charge in [-0.05, 0) is 95.2 Å². The molecule has 0 aliphatic carbocycles. The van der Waals surface area contributed by atoms with Crippen LogP contribution >= 0.6 is 0 Å². The van der Waals surface area contributed by atoms with Gasteiger partial charge in [0, 0.05) is 10.9 Å². The highest BCUT2D eigenvalue weighted by atomic mass is 16.5. The van der Waals surface area contributed by atoms with Crippen molar-refractivity contribution < 1.29 is 4.74 Å².